The van der Waals surface area contributed by atoms with Crippen molar-refractivity contribution >= 4 is 29.0 Å². The van der Waals surface area contributed by atoms with Crippen molar-refractivity contribution < 1.29 is 18.4 Å². The lowest BCUT2D eigenvalue weighted by Gasteiger charge is -2.17. The normalized spacial score (nSPS) is 13.8. The molecule has 106 valence electrons. The average Bonchev–Trinajstić information content (AvgIpc) is 2.68. The Balaban J connectivity index is 2.03. The van der Waals surface area contributed by atoms with Crippen LogP contribution in [0.25, 0.3) is 0 Å². The summed E-state index contributed by atoms with van der Waals surface area (Å²) in [6, 6.07) is 7.74. The van der Waals surface area contributed by atoms with E-state index >= 15 is 0 Å². The summed E-state index contributed by atoms with van der Waals surface area (Å²) in [7, 11) is 0. The lowest BCUT2D eigenvalue weighted by atomic mass is 10.1. The van der Waals surface area contributed by atoms with Crippen LogP contribution in [0.1, 0.15) is 15.9 Å². The van der Waals surface area contributed by atoms with E-state index in [9.17, 15) is 18.4 Å². The lowest BCUT2D eigenvalue weighted by Crippen LogP contribution is -2.29. The van der Waals surface area contributed by atoms with Crippen LogP contribution in [-0.2, 0) is 11.3 Å². The first-order valence-corrected chi connectivity index (χ1v) is 6.45. The number of amides is 1. The number of ketones is 1. The van der Waals surface area contributed by atoms with Crippen LogP contribution in [0.2, 0.25) is 5.02 Å². The summed E-state index contributed by atoms with van der Waals surface area (Å²) in [4.78, 5) is 25.1. The van der Waals surface area contributed by atoms with Crippen molar-refractivity contribution in [1.82, 2.24) is 0 Å². The van der Waals surface area contributed by atoms with Gasteiger partial charge in [0.1, 0.15) is 11.6 Å². The van der Waals surface area contributed by atoms with Crippen molar-refractivity contribution in [2.45, 2.75) is 6.54 Å². The van der Waals surface area contributed by atoms with Crippen LogP contribution in [-0.4, -0.2) is 11.7 Å². The molecule has 0 aromatic heterocycles. The van der Waals surface area contributed by atoms with E-state index in [1.54, 1.807) is 12.1 Å². The number of Topliss-reactive ketones (excluding diaryl/α,β-unsaturated/α-hetero) is 1. The molecule has 0 saturated carbocycles. The van der Waals surface area contributed by atoms with Gasteiger partial charge in [0.2, 0.25) is 0 Å². The van der Waals surface area contributed by atoms with E-state index in [1.165, 1.54) is 12.1 Å². The topological polar surface area (TPSA) is 37.4 Å². The van der Waals surface area contributed by atoms with Crippen LogP contribution in [0.5, 0.6) is 0 Å². The number of anilines is 1. The molecule has 0 saturated heterocycles. The number of hydrogen-bond acceptors (Lipinski definition) is 2. The van der Waals surface area contributed by atoms with Crippen LogP contribution >= 0.6 is 11.6 Å². The fourth-order valence-electron chi connectivity index (χ4n) is 2.28. The number of carbonyl (C=O) groups is 2. The van der Waals surface area contributed by atoms with Gasteiger partial charge in [0.15, 0.2) is 0 Å². The molecule has 1 heterocycles. The molecule has 1 aliphatic rings. The molecule has 1 aliphatic heterocycles. The fraction of sp³-hybridized carbons (Fsp3) is 0.0667. The highest BCUT2D eigenvalue weighted by molar-refractivity contribution is 6.55. The number of rotatable bonds is 2. The Morgan fingerprint density at radius 3 is 2.57 bits per heavy atom. The van der Waals surface area contributed by atoms with Gasteiger partial charge < -0.3 is 4.90 Å². The van der Waals surface area contributed by atoms with Crippen LogP contribution in [0.4, 0.5) is 14.5 Å². The first-order chi connectivity index (χ1) is 9.99. The van der Waals surface area contributed by atoms with Gasteiger partial charge in [-0.05, 0) is 18.2 Å². The molecule has 6 heteroatoms. The second-order valence-electron chi connectivity index (χ2n) is 4.59. The van der Waals surface area contributed by atoms with Crippen molar-refractivity contribution in [2.24, 2.45) is 0 Å². The van der Waals surface area contributed by atoms with E-state index in [2.05, 4.69) is 0 Å². The SMILES string of the molecule is O=C1C(=O)N(Cc2ccc(F)cc2F)c2cccc(Cl)c21. The average molecular weight is 308 g/mol. The van der Waals surface area contributed by atoms with Gasteiger partial charge in [-0.3, -0.25) is 9.59 Å². The molecule has 0 aliphatic carbocycles. The third-order valence-corrected chi connectivity index (χ3v) is 3.61. The van der Waals surface area contributed by atoms with Crippen molar-refractivity contribution in [3.05, 3.63) is 64.2 Å². The highest BCUT2D eigenvalue weighted by atomic mass is 35.5. The summed E-state index contributed by atoms with van der Waals surface area (Å²) in [5, 5.41) is 0.174. The third-order valence-electron chi connectivity index (χ3n) is 3.29. The highest BCUT2D eigenvalue weighted by Crippen LogP contribution is 2.35. The Morgan fingerprint density at radius 1 is 1.10 bits per heavy atom. The van der Waals surface area contributed by atoms with Crippen molar-refractivity contribution in [1.29, 1.82) is 0 Å². The number of nitrogens with zero attached hydrogens (tertiary/aromatic N) is 1. The highest BCUT2D eigenvalue weighted by Gasteiger charge is 2.37. The minimum Gasteiger partial charge on any atom is -0.300 e. The van der Waals surface area contributed by atoms with Gasteiger partial charge in [0, 0.05) is 11.6 Å². The summed E-state index contributed by atoms with van der Waals surface area (Å²) >= 11 is 5.93. The maximum Gasteiger partial charge on any atom is 0.299 e. The minimum atomic E-state index is -0.776. The molecular weight excluding hydrogens is 300 g/mol. The summed E-state index contributed by atoms with van der Waals surface area (Å²) in [5.74, 6) is -2.98. The molecule has 0 bridgehead atoms. The largest absolute Gasteiger partial charge is 0.300 e. The van der Waals surface area contributed by atoms with Crippen LogP contribution < -0.4 is 4.90 Å². The Kier molecular flexibility index (Phi) is 3.22. The number of halogens is 3. The standard InChI is InChI=1S/C15H8ClF2NO2/c16-10-2-1-3-12-13(10)14(20)15(21)19(12)7-8-4-5-9(17)6-11(8)18/h1-6H,7H2. The fourth-order valence-corrected chi connectivity index (χ4v) is 2.53. The zero-order valence-corrected chi connectivity index (χ0v) is 11.3. The van der Waals surface area contributed by atoms with Crippen LogP contribution in [0.15, 0.2) is 36.4 Å². The second kappa shape index (κ2) is 4.93. The summed E-state index contributed by atoms with van der Waals surface area (Å²) in [5.41, 5.74) is 0.568. The zero-order chi connectivity index (χ0) is 15.1. The summed E-state index contributed by atoms with van der Waals surface area (Å²) in [6.07, 6.45) is 0. The maximum atomic E-state index is 13.7. The van der Waals surface area contributed by atoms with Crippen molar-refractivity contribution in [2.75, 3.05) is 4.90 Å². The molecule has 0 spiro atoms. The van der Waals surface area contributed by atoms with Crippen molar-refractivity contribution in [3.63, 3.8) is 0 Å². The molecule has 3 nitrogen and oxygen atoms in total. The van der Waals surface area contributed by atoms with E-state index < -0.39 is 23.3 Å². The van der Waals surface area contributed by atoms with Crippen molar-refractivity contribution in [3.8, 4) is 0 Å². The van der Waals surface area contributed by atoms with E-state index in [-0.39, 0.29) is 22.7 Å². The van der Waals surface area contributed by atoms with E-state index in [0.717, 1.165) is 17.0 Å². The first kappa shape index (κ1) is 13.7. The Morgan fingerprint density at radius 2 is 1.86 bits per heavy atom. The molecule has 0 unspecified atom stereocenters. The Hall–Kier alpha value is -2.27. The molecule has 2 aromatic carbocycles. The molecule has 21 heavy (non-hydrogen) atoms. The predicted octanol–water partition coefficient (Wildman–Crippen LogP) is 3.35. The lowest BCUT2D eigenvalue weighted by molar-refractivity contribution is -0.114. The molecule has 1 amide bonds. The van der Waals surface area contributed by atoms with Gasteiger partial charge in [-0.2, -0.15) is 0 Å². The van der Waals surface area contributed by atoms with Gasteiger partial charge >= 0.3 is 0 Å². The van der Waals surface area contributed by atoms with Gasteiger partial charge in [-0.15, -0.1) is 0 Å². The second-order valence-corrected chi connectivity index (χ2v) is 5.00. The number of benzene rings is 2. The molecule has 2 aromatic rings. The first-order valence-electron chi connectivity index (χ1n) is 6.07. The Labute approximate surface area is 123 Å². The minimum absolute atomic E-state index is 0.116. The van der Waals surface area contributed by atoms with E-state index in [4.69, 9.17) is 11.6 Å². The smallest absolute Gasteiger partial charge is 0.299 e. The van der Waals surface area contributed by atoms with Gasteiger partial charge in [0.05, 0.1) is 22.8 Å². The summed E-state index contributed by atoms with van der Waals surface area (Å²) < 4.78 is 26.6. The summed E-state index contributed by atoms with van der Waals surface area (Å²) in [6.45, 7) is -0.163. The zero-order valence-electron chi connectivity index (χ0n) is 10.6. The van der Waals surface area contributed by atoms with Crippen LogP contribution in [0, 0.1) is 11.6 Å². The molecule has 0 fully saturated rings. The molecule has 0 radical (unpaired) electrons. The third kappa shape index (κ3) is 2.19. The van der Waals surface area contributed by atoms with Gasteiger partial charge in [-0.1, -0.05) is 23.7 Å². The predicted molar refractivity (Wildman–Crippen MR) is 73.3 cm³/mol. The Bertz CT molecular complexity index is 776. The molecule has 3 rings (SSSR count). The maximum absolute atomic E-state index is 13.7. The monoisotopic (exact) mass is 307 g/mol. The molecule has 0 N–H and O–H groups in total. The van der Waals surface area contributed by atoms with Gasteiger partial charge in [0.25, 0.3) is 11.7 Å². The van der Waals surface area contributed by atoms with E-state index in [0.29, 0.717) is 5.69 Å². The number of carbonyl (C=O) groups excluding carboxylic acids is 2. The molecular formula is C15H8ClF2NO2. The number of fused-ring (bicyclic) bond motifs is 1. The van der Waals surface area contributed by atoms with Gasteiger partial charge in [-0.25, -0.2) is 8.78 Å². The van der Waals surface area contributed by atoms with E-state index in [1.807, 2.05) is 0 Å². The molecule has 0 atom stereocenters. The van der Waals surface area contributed by atoms with Crippen LogP contribution in [0.3, 0.4) is 0 Å². The number of hydrogen-bond donors (Lipinski definition) is 0. The quantitative estimate of drug-likeness (QED) is 0.798.